The molecule has 0 aromatic rings. The van der Waals surface area contributed by atoms with Crippen molar-refractivity contribution in [1.82, 2.24) is 9.80 Å². The summed E-state index contributed by atoms with van der Waals surface area (Å²) in [6.07, 6.45) is 23.4. The Hall–Kier alpha value is -1.03. The maximum absolute atomic E-state index is 12.9. The van der Waals surface area contributed by atoms with E-state index < -0.39 is 29.5 Å². The zero-order valence-electron chi connectivity index (χ0n) is 58.4. The Labute approximate surface area is 580 Å². The molecule has 16 rings (SSSR count). The number of aliphatic carboxylic acids is 1. The zero-order valence-corrected chi connectivity index (χ0v) is 61.1. The number of hydrogen-bond donors (Lipinski definition) is 3. The van der Waals surface area contributed by atoms with Crippen LogP contribution in [0.15, 0.2) is 0 Å². The van der Waals surface area contributed by atoms with E-state index >= 15 is 0 Å². The molecule has 4 aliphatic heterocycles. The first-order valence-corrected chi connectivity index (χ1v) is 37.5. The van der Waals surface area contributed by atoms with Crippen LogP contribution in [-0.4, -0.2) is 150 Å². The molecule has 16 aliphatic rings. The fraction of sp³-hybridized carbons (Fsp3) is 0.946. The first-order valence-electron chi connectivity index (χ1n) is 36.9. The van der Waals surface area contributed by atoms with Gasteiger partial charge in [-0.1, -0.05) is 69.2 Å². The molecule has 4 saturated heterocycles. The SMILES string of the molecule is C[C@@H]1C[C@H](CC(=O)O)O[C@H]2[C@H]1[C@@]1(C)CC[C@@]34CC35CCC(O[C@H]3CN(C(=O)CC6CC6)CCO3)C(C)(C)[C@@H]5CC[C@H]4[C@]1(C)[C@H]2O.C[C@@H]1C[C@H](CC=O)O[C@H]2[C@H]1[C@@]1(C)CC[C@@]34CC35CCC(O[C@H]3CN(C(=O)CC6CC6)CCO3)C(C)(C)[C@@H]5CC[C@H]4[C@]1(C)[C@H]2O.[Na+].[O-][Cl+][O-]. The number of halogens is 1. The van der Waals surface area contributed by atoms with Crippen molar-refractivity contribution in [2.45, 2.75) is 285 Å². The molecule has 0 aromatic carbocycles. The van der Waals surface area contributed by atoms with E-state index in [0.717, 1.165) is 51.2 Å². The van der Waals surface area contributed by atoms with Gasteiger partial charge in [-0.25, -0.2) is 0 Å². The predicted octanol–water partition coefficient (Wildman–Crippen LogP) is 6.03. The Bertz CT molecular complexity index is 2830. The van der Waals surface area contributed by atoms with E-state index in [9.17, 15) is 34.5 Å². The molecule has 4 spiro atoms. The predicted molar refractivity (Wildman–Crippen MR) is 332 cm³/mol. The van der Waals surface area contributed by atoms with Gasteiger partial charge in [-0.05, 0) is 231 Å². The van der Waals surface area contributed by atoms with Crippen LogP contribution in [0.25, 0.3) is 0 Å². The fourth-order valence-corrected chi connectivity index (χ4v) is 27.5. The van der Waals surface area contributed by atoms with Crippen LogP contribution in [0.1, 0.15) is 223 Å². The van der Waals surface area contributed by atoms with Gasteiger partial charge in [0.1, 0.15) is 6.29 Å². The summed E-state index contributed by atoms with van der Waals surface area (Å²) >= 11 is -0.417. The third-order valence-corrected chi connectivity index (χ3v) is 32.1. The van der Waals surface area contributed by atoms with E-state index in [0.29, 0.717) is 128 Å². The second kappa shape index (κ2) is 24.9. The molecule has 4 unspecified atom stereocenters. The van der Waals surface area contributed by atoms with Crippen molar-refractivity contribution in [3.8, 4) is 0 Å². The number of rotatable bonds is 12. The van der Waals surface area contributed by atoms with Gasteiger partial charge in [0.2, 0.25) is 11.8 Å². The van der Waals surface area contributed by atoms with E-state index in [1.165, 1.54) is 83.5 Å². The van der Waals surface area contributed by atoms with Crippen molar-refractivity contribution in [2.24, 2.45) is 113 Å². The molecule has 518 valence electrons. The molecule has 12 aliphatic carbocycles. The number of aliphatic hydroxyl groups excluding tert-OH is 2. The number of amides is 2. The summed E-state index contributed by atoms with van der Waals surface area (Å²) in [6.45, 7) is 27.7. The van der Waals surface area contributed by atoms with E-state index in [1.54, 1.807) is 0 Å². The first kappa shape index (κ1) is 70.4. The summed E-state index contributed by atoms with van der Waals surface area (Å²) in [5, 5.41) is 34.1. The first-order chi connectivity index (χ1) is 43.6. The molecule has 0 radical (unpaired) electrons. The molecule has 12 saturated carbocycles. The van der Waals surface area contributed by atoms with Crippen LogP contribution in [-0.2, 0) is 47.6 Å². The van der Waals surface area contributed by atoms with Crippen molar-refractivity contribution in [2.75, 3.05) is 39.4 Å². The Kier molecular flexibility index (Phi) is 18.9. The van der Waals surface area contributed by atoms with Gasteiger partial charge in [-0.3, -0.25) is 14.4 Å². The van der Waals surface area contributed by atoms with Crippen molar-refractivity contribution in [1.29, 1.82) is 0 Å². The van der Waals surface area contributed by atoms with Crippen LogP contribution in [0, 0.1) is 125 Å². The number of hydrogen-bond acceptors (Lipinski definition) is 14. The van der Waals surface area contributed by atoms with Crippen LogP contribution in [0.2, 0.25) is 0 Å². The molecular weight excluding hydrogens is 1220 g/mol. The Morgan fingerprint density at radius 2 is 0.946 bits per heavy atom. The van der Waals surface area contributed by atoms with Crippen molar-refractivity contribution in [3.63, 3.8) is 0 Å². The topological polar surface area (TPSA) is 237 Å². The maximum atomic E-state index is 12.9. The Balaban J connectivity index is 0.000000161. The van der Waals surface area contributed by atoms with Crippen molar-refractivity contribution < 1.29 is 113 Å². The van der Waals surface area contributed by atoms with Crippen LogP contribution in [0.3, 0.4) is 0 Å². The average molecular weight is 1330 g/mol. The van der Waals surface area contributed by atoms with Gasteiger partial charge in [-0.2, -0.15) is 0 Å². The minimum Gasteiger partial charge on any atom is -0.544 e. The fourth-order valence-electron chi connectivity index (χ4n) is 27.5. The van der Waals surface area contributed by atoms with Crippen LogP contribution in [0.5, 0.6) is 0 Å². The van der Waals surface area contributed by atoms with Gasteiger partial charge in [0.05, 0.1) is 92.9 Å². The summed E-state index contributed by atoms with van der Waals surface area (Å²) in [7, 11) is 0. The van der Waals surface area contributed by atoms with E-state index in [1.807, 2.05) is 9.80 Å². The molecule has 0 bridgehead atoms. The second-order valence-corrected chi connectivity index (χ2v) is 36.3. The summed E-state index contributed by atoms with van der Waals surface area (Å²) in [4.78, 5) is 52.6. The van der Waals surface area contributed by atoms with Crippen LogP contribution < -0.4 is 38.9 Å². The molecule has 16 fully saturated rings. The van der Waals surface area contributed by atoms with Gasteiger partial charge < -0.3 is 67.7 Å². The molecule has 0 aromatic heterocycles. The Morgan fingerprint density at radius 1 is 0.559 bits per heavy atom. The summed E-state index contributed by atoms with van der Waals surface area (Å²) in [5.74, 6) is 4.44. The van der Waals surface area contributed by atoms with Gasteiger partial charge >= 0.3 is 35.5 Å². The largest absolute Gasteiger partial charge is 1.00 e. The van der Waals surface area contributed by atoms with Crippen molar-refractivity contribution >= 4 is 24.1 Å². The molecule has 3 N–H and O–H groups in total. The molecule has 4 heterocycles. The number of nitrogens with zero attached hydrogens (tertiary/aromatic N) is 2. The van der Waals surface area contributed by atoms with Crippen LogP contribution >= 0.6 is 0 Å². The van der Waals surface area contributed by atoms with Gasteiger partial charge in [0.25, 0.3) is 0 Å². The number of morpholine rings is 2. The molecule has 2 amide bonds. The van der Waals surface area contributed by atoms with Gasteiger partial charge in [0.15, 0.2) is 12.6 Å². The molecule has 17 nitrogen and oxygen atoms in total. The van der Waals surface area contributed by atoms with Gasteiger partial charge in [-0.15, -0.1) is 0 Å². The number of aldehydes is 1. The van der Waals surface area contributed by atoms with Crippen LogP contribution in [0.4, 0.5) is 0 Å². The maximum Gasteiger partial charge on any atom is 1.00 e. The number of aliphatic hydroxyl groups is 2. The number of fused-ring (bicyclic) bond motifs is 8. The summed E-state index contributed by atoms with van der Waals surface area (Å²) in [6, 6.07) is 0. The number of carbonyl (C=O) groups is 4. The van der Waals surface area contributed by atoms with Crippen molar-refractivity contribution in [3.05, 3.63) is 0 Å². The number of carboxylic acids is 1. The number of carboxylic acid groups (broad SMARTS) is 1. The minimum absolute atomic E-state index is 0. The molecule has 26 atom stereocenters. The quantitative estimate of drug-likeness (QED) is 0.149. The Morgan fingerprint density at radius 3 is 1.34 bits per heavy atom. The third-order valence-electron chi connectivity index (χ3n) is 32.1. The number of ether oxygens (including phenoxy) is 6. The summed E-state index contributed by atoms with van der Waals surface area (Å²) < 4.78 is 55.5. The smallest absolute Gasteiger partial charge is 0.544 e. The standard InChI is InChI=1S/C37H57NO7.C37H57NO6.ClO2.Na/c1-21-16-23(18-28(40)41)44-31-30(21)34(4)12-13-37-20-36(37)11-10-26(33(2,3)24(36)8-9-25(37)35(34,5)32(31)42)45-29-19-38(14-15-43-29)27(39)17-22-6-7-22;1-22-18-24(11-16-39)43-31-30(22)34(4)13-14-37-21-36(37)12-10-27(33(2,3)25(36)8-9-26(37)35(34,5)32(31)41)44-29-20-38(15-17-42-29)28(40)19-23-6-7-23;2-1-3;/h21-26,29-32,42H,6-20H2,1-5H3,(H,40,41);16,22-27,29-32,41H,6-15,17-21H2,1-5H3;;/q;;-1;+1/t21-,23-,24+,25+,26?,29+,30+,31+,32+,34-,35-,36?,37+;22-,24+,25+,26+,27?,29+,30+,31+,32+,34-,35-,36?,37+;;/m11../s1. The zero-order chi connectivity index (χ0) is 65.3. The molecular formula is C74H114ClN2NaO15. The molecule has 93 heavy (non-hydrogen) atoms. The normalized spacial score (nSPS) is 51.3. The van der Waals surface area contributed by atoms with E-state index in [2.05, 4.69) is 69.2 Å². The average Bonchev–Trinajstić information content (AvgIpc) is 1.47. The van der Waals surface area contributed by atoms with E-state index in [4.69, 9.17) is 37.7 Å². The second-order valence-electron chi connectivity index (χ2n) is 36.2. The molecule has 19 heteroatoms. The van der Waals surface area contributed by atoms with E-state index in [-0.39, 0.29) is 141 Å². The summed E-state index contributed by atoms with van der Waals surface area (Å²) in [5.41, 5.74) is 0.840. The minimum atomic E-state index is -0.818. The number of carbonyl (C=O) groups excluding carboxylic acids is 3. The van der Waals surface area contributed by atoms with Gasteiger partial charge in [0, 0.05) is 43.2 Å². The monoisotopic (exact) mass is 1330 g/mol. The third kappa shape index (κ3) is 10.7.